The summed E-state index contributed by atoms with van der Waals surface area (Å²) in [5.41, 5.74) is -3.34. The predicted octanol–water partition coefficient (Wildman–Crippen LogP) is 5.73. The number of anilines is 1. The Labute approximate surface area is 335 Å². The van der Waals surface area contributed by atoms with Gasteiger partial charge in [0.25, 0.3) is 5.91 Å². The third-order valence-corrected chi connectivity index (χ3v) is 14.2. The zero-order valence-electron chi connectivity index (χ0n) is 33.0. The van der Waals surface area contributed by atoms with Crippen LogP contribution in [0.2, 0.25) is 5.02 Å². The first-order chi connectivity index (χ1) is 26.2. The number of fused-ring (bicyclic) bond motifs is 2. The number of allylic oxidation sites excluding steroid dienone is 1. The highest BCUT2D eigenvalue weighted by atomic mass is 35.5. The smallest absolute Gasteiger partial charge is 0.427 e. The molecular weight excluding hydrogens is 795 g/mol. The van der Waals surface area contributed by atoms with Crippen molar-refractivity contribution in [3.05, 3.63) is 40.4 Å². The molecule has 4 aliphatic rings. The molecule has 1 aromatic carbocycles. The Morgan fingerprint density at radius 2 is 1.75 bits per heavy atom. The highest BCUT2D eigenvalue weighted by Crippen LogP contribution is 2.48. The highest BCUT2D eigenvalue weighted by Gasteiger charge is 2.63. The van der Waals surface area contributed by atoms with E-state index < -0.39 is 98.5 Å². The van der Waals surface area contributed by atoms with Gasteiger partial charge in [0.2, 0.25) is 27.4 Å². The van der Waals surface area contributed by atoms with Gasteiger partial charge in [0.05, 0.1) is 21.5 Å². The standard InChI is InChI=1S/C38H51ClF3N5O9S/c1-20-10-8-9-11-24-18-37(24,32(50)45-57(54,55)36(7)12-13-36)44-30(48)27-17-25(47(34(52)53)29-23(4)15-21(2)16-26(29)39)19-46(27)31(49)28(22(3)14-20)43-33(51)56-35(5,6)38(40,41)42/h9,11,15-16,20,22,24-25,27-28H,8,10,12-14,17-19H2,1-7H3,(H,43,51)(H,44,48)(H,45,50)(H,52,53)/t20-,22-,24-,25-,27+,28+,37-/m1/s1. The molecular formula is C38H51ClF3N5O9S. The molecule has 5 rings (SSSR count). The van der Waals surface area contributed by atoms with Gasteiger partial charge in [-0.2, -0.15) is 13.2 Å². The number of carboxylic acid groups (broad SMARTS) is 1. The van der Waals surface area contributed by atoms with E-state index in [0.29, 0.717) is 51.5 Å². The molecule has 4 N–H and O–H groups in total. The van der Waals surface area contributed by atoms with Gasteiger partial charge >= 0.3 is 18.4 Å². The van der Waals surface area contributed by atoms with E-state index in [1.54, 1.807) is 39.0 Å². The van der Waals surface area contributed by atoms with Crippen LogP contribution in [-0.2, 0) is 29.1 Å². The van der Waals surface area contributed by atoms with Crippen molar-refractivity contribution >= 4 is 57.2 Å². The Morgan fingerprint density at radius 1 is 1.11 bits per heavy atom. The maximum absolute atomic E-state index is 14.8. The minimum atomic E-state index is -4.95. The molecule has 19 heteroatoms. The second kappa shape index (κ2) is 15.6. The SMILES string of the molecule is Cc1cc(C)c(N(C(=O)O)[C@@H]2C[C@H]3C(=O)N[C@]4(C(=O)NS(=O)(=O)C5(C)CC5)C[C@H]4C=CCC[C@@H](C)C[C@@H](C)[C@H](NC(=O)OC(C)(C)C(F)(F)F)C(=O)N3C2)c(Cl)c1. The maximum atomic E-state index is 14.8. The summed E-state index contributed by atoms with van der Waals surface area (Å²) >= 11 is 6.60. The van der Waals surface area contributed by atoms with Crippen molar-refractivity contribution in [3.8, 4) is 0 Å². The minimum absolute atomic E-state index is 0.0361. The van der Waals surface area contributed by atoms with Gasteiger partial charge in [0.15, 0.2) is 0 Å². The monoisotopic (exact) mass is 845 g/mol. The number of ether oxygens (including phenoxy) is 1. The Hall–Kier alpha value is -4.06. The fourth-order valence-corrected chi connectivity index (χ4v) is 9.53. The predicted molar refractivity (Wildman–Crippen MR) is 204 cm³/mol. The molecule has 5 amide bonds. The number of hydrogen-bond donors (Lipinski definition) is 4. The highest BCUT2D eigenvalue weighted by molar-refractivity contribution is 7.91. The molecule has 2 saturated carbocycles. The molecule has 2 heterocycles. The summed E-state index contributed by atoms with van der Waals surface area (Å²) in [4.78, 5) is 71.3. The van der Waals surface area contributed by atoms with E-state index in [1.807, 2.05) is 13.0 Å². The first-order valence-corrected chi connectivity index (χ1v) is 20.8. The topological polar surface area (TPSA) is 192 Å². The van der Waals surface area contributed by atoms with Gasteiger partial charge in [-0.3, -0.25) is 24.0 Å². The molecule has 0 radical (unpaired) electrons. The Morgan fingerprint density at radius 3 is 2.33 bits per heavy atom. The molecule has 14 nitrogen and oxygen atoms in total. The quantitative estimate of drug-likeness (QED) is 0.248. The summed E-state index contributed by atoms with van der Waals surface area (Å²) in [7, 11) is -4.13. The number of alkyl carbamates (subject to hydrolysis) is 1. The first kappa shape index (κ1) is 44.1. The molecule has 316 valence electrons. The number of nitrogens with one attached hydrogen (secondary N) is 3. The number of halogens is 4. The molecule has 1 aromatic rings. The summed E-state index contributed by atoms with van der Waals surface area (Å²) in [6, 6.07) is -0.901. The van der Waals surface area contributed by atoms with Crippen LogP contribution in [0.5, 0.6) is 0 Å². The van der Waals surface area contributed by atoms with E-state index in [4.69, 9.17) is 16.3 Å². The lowest BCUT2D eigenvalue weighted by molar-refractivity contribution is -0.244. The molecule has 0 unspecified atom stereocenters. The third kappa shape index (κ3) is 9.00. The second-order valence-electron chi connectivity index (χ2n) is 17.0. The van der Waals surface area contributed by atoms with Gasteiger partial charge in [0, 0.05) is 12.5 Å². The van der Waals surface area contributed by atoms with Crippen LogP contribution in [-0.4, -0.2) is 95.1 Å². The lowest BCUT2D eigenvalue weighted by atomic mass is 9.88. The van der Waals surface area contributed by atoms with Crippen LogP contribution in [0.3, 0.4) is 0 Å². The Kier molecular flexibility index (Phi) is 12.1. The van der Waals surface area contributed by atoms with Crippen LogP contribution in [0.4, 0.5) is 28.4 Å². The van der Waals surface area contributed by atoms with Crippen molar-refractivity contribution in [2.24, 2.45) is 17.8 Å². The van der Waals surface area contributed by atoms with E-state index in [-0.39, 0.29) is 29.5 Å². The van der Waals surface area contributed by atoms with Crippen LogP contribution in [0, 0.1) is 31.6 Å². The van der Waals surface area contributed by atoms with Crippen molar-refractivity contribution in [1.29, 1.82) is 0 Å². The lowest BCUT2D eigenvalue weighted by Gasteiger charge is -2.34. The van der Waals surface area contributed by atoms with Gasteiger partial charge in [0.1, 0.15) is 17.6 Å². The number of benzene rings is 1. The molecule has 57 heavy (non-hydrogen) atoms. The molecule has 0 spiro atoms. The van der Waals surface area contributed by atoms with Gasteiger partial charge in [-0.25, -0.2) is 18.0 Å². The molecule has 0 aromatic heterocycles. The zero-order chi connectivity index (χ0) is 42.6. The van der Waals surface area contributed by atoms with E-state index >= 15 is 0 Å². The summed E-state index contributed by atoms with van der Waals surface area (Å²) < 4.78 is 73.3. The summed E-state index contributed by atoms with van der Waals surface area (Å²) in [5.74, 6) is -4.20. The first-order valence-electron chi connectivity index (χ1n) is 18.9. The number of aryl methyl sites for hydroxylation is 2. The van der Waals surface area contributed by atoms with Crippen LogP contribution in [0.1, 0.15) is 90.7 Å². The van der Waals surface area contributed by atoms with Crippen LogP contribution in [0.15, 0.2) is 24.3 Å². The fourth-order valence-electron chi connectivity index (χ4n) is 7.81. The van der Waals surface area contributed by atoms with Crippen molar-refractivity contribution in [1.82, 2.24) is 20.3 Å². The summed E-state index contributed by atoms with van der Waals surface area (Å²) in [6.45, 7) is 9.32. The zero-order valence-corrected chi connectivity index (χ0v) is 34.5. The fraction of sp³-hybridized carbons (Fsp3) is 0.658. The van der Waals surface area contributed by atoms with Crippen molar-refractivity contribution in [2.45, 2.75) is 134 Å². The molecule has 3 fully saturated rings. The van der Waals surface area contributed by atoms with E-state index in [1.165, 1.54) is 6.92 Å². The van der Waals surface area contributed by atoms with E-state index in [0.717, 1.165) is 15.4 Å². The number of alkyl halides is 3. The molecule has 0 bridgehead atoms. The van der Waals surface area contributed by atoms with Gasteiger partial charge in [-0.15, -0.1) is 0 Å². The van der Waals surface area contributed by atoms with Crippen LogP contribution >= 0.6 is 11.6 Å². The summed E-state index contributed by atoms with van der Waals surface area (Å²) in [6.07, 6.45) is -2.64. The number of nitrogens with zero attached hydrogens (tertiary/aromatic N) is 2. The lowest BCUT2D eigenvalue weighted by Crippen LogP contribution is -2.59. The molecule has 1 saturated heterocycles. The Balaban J connectivity index is 1.57. The minimum Gasteiger partial charge on any atom is -0.465 e. The average Bonchev–Trinajstić information content (AvgIpc) is 3.95. The summed E-state index contributed by atoms with van der Waals surface area (Å²) in [5, 5.41) is 15.7. The van der Waals surface area contributed by atoms with Crippen molar-refractivity contribution < 1.29 is 55.4 Å². The number of hydrogen-bond acceptors (Lipinski definition) is 8. The number of carbonyl (C=O) groups is 5. The molecule has 7 atom stereocenters. The van der Waals surface area contributed by atoms with Gasteiger partial charge < -0.3 is 25.4 Å². The number of sulfonamides is 1. The third-order valence-electron chi connectivity index (χ3n) is 11.8. The Bertz CT molecular complexity index is 1930. The normalized spacial score (nSPS) is 29.1. The number of carbonyl (C=O) groups excluding carboxylic acids is 4. The van der Waals surface area contributed by atoms with Crippen molar-refractivity contribution in [2.75, 3.05) is 11.4 Å². The maximum Gasteiger partial charge on any atom is 0.427 e. The van der Waals surface area contributed by atoms with E-state index in [2.05, 4.69) is 15.4 Å². The van der Waals surface area contributed by atoms with E-state index in [9.17, 15) is 50.7 Å². The van der Waals surface area contributed by atoms with Crippen LogP contribution in [0.25, 0.3) is 0 Å². The largest absolute Gasteiger partial charge is 0.465 e. The van der Waals surface area contributed by atoms with Gasteiger partial charge in [-0.1, -0.05) is 43.7 Å². The molecule has 2 aliphatic carbocycles. The van der Waals surface area contributed by atoms with Gasteiger partial charge in [-0.05, 0) is 109 Å². The molecule has 2 aliphatic heterocycles. The number of rotatable bonds is 7. The number of amides is 5. The average molecular weight is 846 g/mol. The second-order valence-corrected chi connectivity index (χ2v) is 19.6. The van der Waals surface area contributed by atoms with Crippen molar-refractivity contribution in [3.63, 3.8) is 0 Å². The van der Waals surface area contributed by atoms with Crippen LogP contribution < -0.4 is 20.3 Å².